The van der Waals surface area contributed by atoms with Crippen LogP contribution in [0.5, 0.6) is 0 Å². The lowest BCUT2D eigenvalue weighted by Gasteiger charge is -2.24. The molecule has 1 rings (SSSR count). The number of nitrogens with one attached hydrogen (secondary N) is 1. The van der Waals surface area contributed by atoms with Crippen LogP contribution in [0.25, 0.3) is 0 Å². The van der Waals surface area contributed by atoms with Gasteiger partial charge in [-0.2, -0.15) is 0 Å². The van der Waals surface area contributed by atoms with E-state index in [2.05, 4.69) is 5.32 Å². The number of nitrogens with two attached hydrogens (primary N) is 1. The average molecular weight is 249 g/mol. The Morgan fingerprint density at radius 2 is 1.94 bits per heavy atom. The summed E-state index contributed by atoms with van der Waals surface area (Å²) in [5.74, 6) is 0.0202. The molecule has 0 aliphatic heterocycles. The van der Waals surface area contributed by atoms with Crippen molar-refractivity contribution in [2.45, 2.75) is 25.4 Å². The van der Waals surface area contributed by atoms with Gasteiger partial charge in [0.1, 0.15) is 6.04 Å². The highest BCUT2D eigenvalue weighted by Crippen LogP contribution is 2.17. The van der Waals surface area contributed by atoms with Crippen molar-refractivity contribution in [2.24, 2.45) is 5.73 Å². The Labute approximate surface area is 109 Å². The Kier molecular flexibility index (Phi) is 5.82. The molecule has 4 heteroatoms. The third-order valence-corrected chi connectivity index (χ3v) is 2.78. The molecule has 0 radical (unpaired) electrons. The fourth-order valence-electron chi connectivity index (χ4n) is 1.84. The summed E-state index contributed by atoms with van der Waals surface area (Å²) < 4.78 is 0. The molecule has 18 heavy (non-hydrogen) atoms. The molecule has 1 aromatic carbocycles. The van der Waals surface area contributed by atoms with Crippen LogP contribution in [0.4, 0.5) is 0 Å². The maximum Gasteiger partial charge on any atom is 0.241 e. The third kappa shape index (κ3) is 4.47. The first-order chi connectivity index (χ1) is 8.52. The van der Waals surface area contributed by atoms with Gasteiger partial charge in [0.2, 0.25) is 5.91 Å². The molecular formula is C14H23N3O. The number of carbonyl (C=O) groups is 1. The van der Waals surface area contributed by atoms with E-state index in [0.717, 1.165) is 12.0 Å². The molecule has 0 saturated heterocycles. The molecule has 1 aromatic rings. The van der Waals surface area contributed by atoms with Crippen molar-refractivity contribution in [3.05, 3.63) is 35.9 Å². The molecule has 0 saturated carbocycles. The van der Waals surface area contributed by atoms with Crippen molar-refractivity contribution in [3.8, 4) is 0 Å². The van der Waals surface area contributed by atoms with Crippen molar-refractivity contribution in [1.82, 2.24) is 10.2 Å². The second kappa shape index (κ2) is 7.13. The normalized spacial score (nSPS) is 14.3. The van der Waals surface area contributed by atoms with Crippen LogP contribution >= 0.6 is 0 Å². The van der Waals surface area contributed by atoms with E-state index in [4.69, 9.17) is 5.73 Å². The number of nitrogens with zero attached hydrogens (tertiary/aromatic N) is 1. The van der Waals surface area contributed by atoms with Crippen molar-refractivity contribution in [2.75, 3.05) is 20.6 Å². The molecule has 4 nitrogen and oxygen atoms in total. The fourth-order valence-corrected chi connectivity index (χ4v) is 1.84. The summed E-state index contributed by atoms with van der Waals surface area (Å²) in [6.07, 6.45) is 0.792. The zero-order chi connectivity index (χ0) is 13.5. The first-order valence-corrected chi connectivity index (χ1v) is 6.27. The summed E-state index contributed by atoms with van der Waals surface area (Å²) >= 11 is 0. The standard InChI is InChI=1S/C14H23N3O/c1-11(15)9-10-16-14(18)13(17(2)3)12-7-5-4-6-8-12/h4-8,11,13H,9-10,15H2,1-3H3,(H,16,18). The van der Waals surface area contributed by atoms with E-state index in [1.165, 1.54) is 0 Å². The van der Waals surface area contributed by atoms with Crippen LogP contribution in [0.2, 0.25) is 0 Å². The molecule has 0 bridgehead atoms. The largest absolute Gasteiger partial charge is 0.354 e. The van der Waals surface area contributed by atoms with Gasteiger partial charge in [-0.3, -0.25) is 9.69 Å². The first kappa shape index (κ1) is 14.7. The molecule has 2 atom stereocenters. The summed E-state index contributed by atoms with van der Waals surface area (Å²) in [5.41, 5.74) is 6.66. The van der Waals surface area contributed by atoms with Gasteiger partial charge in [0, 0.05) is 12.6 Å². The molecule has 0 heterocycles. The van der Waals surface area contributed by atoms with E-state index >= 15 is 0 Å². The Balaban J connectivity index is 2.65. The molecule has 0 aliphatic carbocycles. The number of amides is 1. The molecule has 0 aliphatic rings. The van der Waals surface area contributed by atoms with Gasteiger partial charge in [-0.25, -0.2) is 0 Å². The number of hydrogen-bond acceptors (Lipinski definition) is 3. The summed E-state index contributed by atoms with van der Waals surface area (Å²) in [5, 5.41) is 2.93. The van der Waals surface area contributed by atoms with Crippen molar-refractivity contribution >= 4 is 5.91 Å². The molecule has 0 spiro atoms. The smallest absolute Gasteiger partial charge is 0.241 e. The summed E-state index contributed by atoms with van der Waals surface area (Å²) in [6, 6.07) is 9.64. The maximum absolute atomic E-state index is 12.2. The average Bonchev–Trinajstić information content (AvgIpc) is 2.29. The maximum atomic E-state index is 12.2. The number of carbonyl (C=O) groups excluding carboxylic acids is 1. The number of benzene rings is 1. The lowest BCUT2D eigenvalue weighted by atomic mass is 10.1. The molecule has 3 N–H and O–H groups in total. The van der Waals surface area contributed by atoms with E-state index in [1.54, 1.807) is 0 Å². The number of rotatable bonds is 6. The second-order valence-electron chi connectivity index (χ2n) is 4.83. The minimum absolute atomic E-state index is 0.0202. The van der Waals surface area contributed by atoms with E-state index in [-0.39, 0.29) is 18.0 Å². The third-order valence-electron chi connectivity index (χ3n) is 2.78. The topological polar surface area (TPSA) is 58.4 Å². The van der Waals surface area contributed by atoms with E-state index in [9.17, 15) is 4.79 Å². The quantitative estimate of drug-likeness (QED) is 0.795. The number of likely N-dealkylation sites (N-methyl/N-ethyl adjacent to an activating group) is 1. The van der Waals surface area contributed by atoms with Gasteiger partial charge in [0.25, 0.3) is 0 Å². The Morgan fingerprint density at radius 1 is 1.33 bits per heavy atom. The monoisotopic (exact) mass is 249 g/mol. The minimum Gasteiger partial charge on any atom is -0.354 e. The predicted molar refractivity (Wildman–Crippen MR) is 74.1 cm³/mol. The lowest BCUT2D eigenvalue weighted by Crippen LogP contribution is -2.38. The fraction of sp³-hybridized carbons (Fsp3) is 0.500. The Bertz CT molecular complexity index is 363. The van der Waals surface area contributed by atoms with Gasteiger partial charge in [0.05, 0.1) is 0 Å². The van der Waals surface area contributed by atoms with E-state index in [1.807, 2.05) is 56.3 Å². The van der Waals surface area contributed by atoms with Gasteiger partial charge < -0.3 is 11.1 Å². The minimum atomic E-state index is -0.251. The van der Waals surface area contributed by atoms with Crippen LogP contribution in [0.3, 0.4) is 0 Å². The molecule has 0 fully saturated rings. The molecule has 1 amide bonds. The van der Waals surface area contributed by atoms with Crippen LogP contribution in [-0.4, -0.2) is 37.5 Å². The van der Waals surface area contributed by atoms with Crippen molar-refractivity contribution < 1.29 is 4.79 Å². The second-order valence-corrected chi connectivity index (χ2v) is 4.83. The van der Waals surface area contributed by atoms with Gasteiger partial charge in [-0.1, -0.05) is 30.3 Å². The summed E-state index contributed by atoms with van der Waals surface area (Å²) in [6.45, 7) is 2.56. The molecule has 100 valence electrons. The lowest BCUT2D eigenvalue weighted by molar-refractivity contribution is -0.125. The predicted octanol–water partition coefficient (Wildman–Crippen LogP) is 1.14. The molecule has 2 unspecified atom stereocenters. The SMILES string of the molecule is CC(N)CCNC(=O)C(c1ccccc1)N(C)C. The zero-order valence-corrected chi connectivity index (χ0v) is 11.4. The highest BCUT2D eigenvalue weighted by atomic mass is 16.2. The van der Waals surface area contributed by atoms with Crippen LogP contribution in [0, 0.1) is 0 Å². The van der Waals surface area contributed by atoms with Gasteiger partial charge in [0.15, 0.2) is 0 Å². The molecule has 0 aromatic heterocycles. The zero-order valence-electron chi connectivity index (χ0n) is 11.4. The summed E-state index contributed by atoms with van der Waals surface area (Å²) in [7, 11) is 3.81. The molecular weight excluding hydrogens is 226 g/mol. The van der Waals surface area contributed by atoms with E-state index in [0.29, 0.717) is 6.54 Å². The van der Waals surface area contributed by atoms with Gasteiger partial charge in [-0.05, 0) is 33.0 Å². The van der Waals surface area contributed by atoms with Crippen LogP contribution in [0.15, 0.2) is 30.3 Å². The Morgan fingerprint density at radius 3 is 2.44 bits per heavy atom. The van der Waals surface area contributed by atoms with Gasteiger partial charge >= 0.3 is 0 Å². The number of hydrogen-bond donors (Lipinski definition) is 2. The van der Waals surface area contributed by atoms with E-state index < -0.39 is 0 Å². The summed E-state index contributed by atoms with van der Waals surface area (Å²) in [4.78, 5) is 14.1. The van der Waals surface area contributed by atoms with Crippen LogP contribution in [-0.2, 0) is 4.79 Å². The van der Waals surface area contributed by atoms with Crippen LogP contribution in [0.1, 0.15) is 24.9 Å². The highest BCUT2D eigenvalue weighted by molar-refractivity contribution is 5.83. The first-order valence-electron chi connectivity index (χ1n) is 6.27. The van der Waals surface area contributed by atoms with Crippen LogP contribution < -0.4 is 11.1 Å². The highest BCUT2D eigenvalue weighted by Gasteiger charge is 2.21. The van der Waals surface area contributed by atoms with Gasteiger partial charge in [-0.15, -0.1) is 0 Å². The van der Waals surface area contributed by atoms with Crippen molar-refractivity contribution in [1.29, 1.82) is 0 Å². The van der Waals surface area contributed by atoms with Crippen molar-refractivity contribution in [3.63, 3.8) is 0 Å². The Hall–Kier alpha value is -1.39.